The van der Waals surface area contributed by atoms with Gasteiger partial charge in [0.15, 0.2) is 11.6 Å². The van der Waals surface area contributed by atoms with Gasteiger partial charge in [0, 0.05) is 21.3 Å². The van der Waals surface area contributed by atoms with Crippen molar-refractivity contribution in [3.8, 4) is 11.4 Å². The molecule has 0 radical (unpaired) electrons. The second kappa shape index (κ2) is 8.49. The van der Waals surface area contributed by atoms with E-state index < -0.39 is 0 Å². The minimum absolute atomic E-state index is 0.0118. The van der Waals surface area contributed by atoms with E-state index in [9.17, 15) is 9.59 Å². The van der Waals surface area contributed by atoms with Gasteiger partial charge in [-0.25, -0.2) is 4.98 Å². The maximum Gasteiger partial charge on any atom is 0.237 e. The van der Waals surface area contributed by atoms with Crippen molar-refractivity contribution in [3.63, 3.8) is 0 Å². The minimum Gasteiger partial charge on any atom is -0.325 e. The van der Waals surface area contributed by atoms with Crippen molar-refractivity contribution in [2.24, 2.45) is 0 Å². The number of amides is 1. The van der Waals surface area contributed by atoms with Crippen LogP contribution in [0.2, 0.25) is 0 Å². The molecule has 0 aliphatic rings. The van der Waals surface area contributed by atoms with Crippen molar-refractivity contribution >= 4 is 45.1 Å². The molecule has 2 aromatic carbocycles. The monoisotopic (exact) mass is 444 g/mol. The summed E-state index contributed by atoms with van der Waals surface area (Å²) in [5.74, 6) is 0.461. The first-order valence-corrected chi connectivity index (χ1v) is 9.87. The van der Waals surface area contributed by atoms with Crippen LogP contribution in [0.4, 0.5) is 5.69 Å². The molecule has 2 N–H and O–H groups in total. The molecule has 27 heavy (non-hydrogen) atoms. The Balaban J connectivity index is 1.63. The van der Waals surface area contributed by atoms with Gasteiger partial charge in [0.1, 0.15) is 0 Å². The molecule has 0 saturated carbocycles. The Kier molecular flexibility index (Phi) is 6.08. The molecule has 0 fully saturated rings. The Morgan fingerprint density at radius 1 is 1.15 bits per heavy atom. The van der Waals surface area contributed by atoms with Crippen LogP contribution in [-0.2, 0) is 4.79 Å². The summed E-state index contributed by atoms with van der Waals surface area (Å²) in [6, 6.07) is 14.5. The molecule has 3 aromatic rings. The van der Waals surface area contributed by atoms with Crippen molar-refractivity contribution in [1.29, 1.82) is 0 Å². The number of aromatic nitrogens is 3. The third-order valence-corrected chi connectivity index (χ3v) is 5.46. The van der Waals surface area contributed by atoms with Crippen LogP contribution < -0.4 is 5.32 Å². The van der Waals surface area contributed by atoms with Crippen LogP contribution in [0.25, 0.3) is 11.4 Å². The minimum atomic E-state index is -0.389. The zero-order valence-corrected chi connectivity index (χ0v) is 17.1. The van der Waals surface area contributed by atoms with Crippen molar-refractivity contribution in [3.05, 3.63) is 58.6 Å². The third-order valence-electron chi connectivity index (χ3n) is 3.80. The van der Waals surface area contributed by atoms with Crippen molar-refractivity contribution in [2.75, 3.05) is 5.32 Å². The van der Waals surface area contributed by atoms with Crippen molar-refractivity contribution in [2.45, 2.75) is 24.3 Å². The molecule has 0 unspecified atom stereocenters. The van der Waals surface area contributed by atoms with Crippen LogP contribution in [0, 0.1) is 0 Å². The van der Waals surface area contributed by atoms with Crippen molar-refractivity contribution < 1.29 is 9.59 Å². The zero-order valence-electron chi connectivity index (χ0n) is 14.7. The van der Waals surface area contributed by atoms with Crippen molar-refractivity contribution in [1.82, 2.24) is 15.2 Å². The number of aromatic amines is 1. The fraction of sp³-hybridized carbons (Fsp3) is 0.158. The van der Waals surface area contributed by atoms with Gasteiger partial charge in [0.25, 0.3) is 0 Å². The number of carbonyl (C=O) groups is 2. The summed E-state index contributed by atoms with van der Waals surface area (Å²) >= 11 is 4.75. The average molecular weight is 445 g/mol. The second-order valence-electron chi connectivity index (χ2n) is 5.83. The van der Waals surface area contributed by atoms with Gasteiger partial charge in [-0.05, 0) is 44.2 Å². The molecule has 1 aromatic heterocycles. The average Bonchev–Trinajstić information content (AvgIpc) is 3.10. The van der Waals surface area contributed by atoms with Crippen LogP contribution >= 0.6 is 27.7 Å². The molecule has 1 amide bonds. The molecule has 0 aliphatic heterocycles. The molecule has 8 heteroatoms. The fourth-order valence-electron chi connectivity index (χ4n) is 2.32. The van der Waals surface area contributed by atoms with E-state index in [1.54, 1.807) is 31.2 Å². The molecule has 0 saturated heterocycles. The molecular weight excluding hydrogens is 428 g/mol. The van der Waals surface area contributed by atoms with Gasteiger partial charge in [-0.2, -0.15) is 0 Å². The lowest BCUT2D eigenvalue weighted by Crippen LogP contribution is -2.22. The number of hydrogen-bond donors (Lipinski definition) is 2. The van der Waals surface area contributed by atoms with Gasteiger partial charge in [-0.1, -0.05) is 45.9 Å². The largest absolute Gasteiger partial charge is 0.325 e. The lowest BCUT2D eigenvalue weighted by molar-refractivity contribution is -0.115. The van der Waals surface area contributed by atoms with Crippen LogP contribution in [0.5, 0.6) is 0 Å². The molecule has 0 spiro atoms. The Labute approximate surface area is 169 Å². The number of anilines is 1. The molecule has 1 atom stereocenters. The quantitative estimate of drug-likeness (QED) is 0.429. The summed E-state index contributed by atoms with van der Waals surface area (Å²) in [6.07, 6.45) is 0. The number of rotatable bonds is 6. The molecule has 3 rings (SSSR count). The Morgan fingerprint density at radius 2 is 1.85 bits per heavy atom. The number of hydrogen-bond acceptors (Lipinski definition) is 5. The number of carbonyl (C=O) groups excluding carboxylic acids is 2. The highest BCUT2D eigenvalue weighted by Gasteiger charge is 2.18. The summed E-state index contributed by atoms with van der Waals surface area (Å²) in [5.41, 5.74) is 2.15. The van der Waals surface area contributed by atoms with Crippen LogP contribution in [0.1, 0.15) is 24.2 Å². The van der Waals surface area contributed by atoms with Gasteiger partial charge in [-0.15, -0.1) is 5.10 Å². The zero-order chi connectivity index (χ0) is 19.4. The first-order chi connectivity index (χ1) is 12.9. The van der Waals surface area contributed by atoms with Gasteiger partial charge in [0.05, 0.1) is 5.25 Å². The predicted octanol–water partition coefficient (Wildman–Crippen LogP) is 4.56. The highest BCUT2D eigenvalue weighted by Crippen LogP contribution is 2.28. The van der Waals surface area contributed by atoms with E-state index in [2.05, 4.69) is 36.4 Å². The lowest BCUT2D eigenvalue weighted by atomic mass is 10.1. The molecule has 0 aliphatic carbocycles. The predicted molar refractivity (Wildman–Crippen MR) is 110 cm³/mol. The first-order valence-electron chi connectivity index (χ1n) is 8.20. The van der Waals surface area contributed by atoms with E-state index in [0.717, 1.165) is 10.0 Å². The number of Topliss-reactive ketones (excluding diaryl/α,β-unsaturated/α-hetero) is 1. The number of benzene rings is 2. The van der Waals surface area contributed by atoms with E-state index >= 15 is 0 Å². The summed E-state index contributed by atoms with van der Waals surface area (Å²) in [5, 5.41) is 10.0. The molecular formula is C19H17BrN4O2S. The van der Waals surface area contributed by atoms with Gasteiger partial charge < -0.3 is 5.32 Å². The van der Waals surface area contributed by atoms with Gasteiger partial charge in [0.2, 0.25) is 11.1 Å². The first kappa shape index (κ1) is 19.3. The molecule has 0 bridgehead atoms. The molecule has 1 heterocycles. The summed E-state index contributed by atoms with van der Waals surface area (Å²) in [6.45, 7) is 3.30. The highest BCUT2D eigenvalue weighted by atomic mass is 79.9. The number of nitrogens with zero attached hydrogens (tertiary/aromatic N) is 2. The molecule has 138 valence electrons. The summed E-state index contributed by atoms with van der Waals surface area (Å²) < 4.78 is 0.914. The van der Waals surface area contributed by atoms with E-state index in [4.69, 9.17) is 0 Å². The topological polar surface area (TPSA) is 87.7 Å². The number of nitrogens with one attached hydrogen (secondary N) is 2. The summed E-state index contributed by atoms with van der Waals surface area (Å²) in [4.78, 5) is 28.2. The van der Waals surface area contributed by atoms with E-state index in [0.29, 0.717) is 22.2 Å². The lowest BCUT2D eigenvalue weighted by Gasteiger charge is -2.10. The summed E-state index contributed by atoms with van der Waals surface area (Å²) in [7, 11) is 0. The highest BCUT2D eigenvalue weighted by molar-refractivity contribution is 9.10. The van der Waals surface area contributed by atoms with Gasteiger partial charge in [-0.3, -0.25) is 14.7 Å². The number of thioether (sulfide) groups is 1. The maximum atomic E-state index is 12.4. The Hall–Kier alpha value is -2.45. The van der Waals surface area contributed by atoms with Crippen LogP contribution in [0.3, 0.4) is 0 Å². The maximum absolute atomic E-state index is 12.4. The second-order valence-corrected chi connectivity index (χ2v) is 7.99. The third kappa shape index (κ3) is 4.84. The number of ketones is 1. The smallest absolute Gasteiger partial charge is 0.237 e. The van der Waals surface area contributed by atoms with Crippen LogP contribution in [-0.4, -0.2) is 32.1 Å². The van der Waals surface area contributed by atoms with E-state index in [1.807, 2.05) is 24.3 Å². The van der Waals surface area contributed by atoms with Gasteiger partial charge >= 0.3 is 0 Å². The number of halogens is 1. The standard InChI is InChI=1S/C19H17BrN4O2S/c1-11(25)13-7-9-14(10-8-13)21-18(26)12(2)27-19-22-17(23-24-19)15-5-3-4-6-16(15)20/h3-10,12H,1-2H3,(H,21,26)(H,22,23,24)/t12-/m1/s1. The van der Waals surface area contributed by atoms with E-state index in [-0.39, 0.29) is 16.9 Å². The Bertz CT molecular complexity index is 972. The number of H-pyrrole nitrogens is 1. The normalized spacial score (nSPS) is 11.8. The molecule has 6 nitrogen and oxygen atoms in total. The van der Waals surface area contributed by atoms with Crippen LogP contribution in [0.15, 0.2) is 58.2 Å². The SMILES string of the molecule is CC(=O)c1ccc(NC(=O)[C@@H](C)Sc2n[nH]c(-c3ccccc3Br)n2)cc1. The van der Waals surface area contributed by atoms with E-state index in [1.165, 1.54) is 18.7 Å². The Morgan fingerprint density at radius 3 is 2.52 bits per heavy atom. The fourth-order valence-corrected chi connectivity index (χ4v) is 3.51.